The van der Waals surface area contributed by atoms with Crippen LogP contribution in [0.15, 0.2) is 5.51 Å². The molecule has 0 saturated carbocycles. The molecule has 0 atom stereocenters. The Kier molecular flexibility index (Phi) is 5.53. The zero-order valence-corrected chi connectivity index (χ0v) is 14.5. The number of aryl methyl sites for hydroxylation is 4. The van der Waals surface area contributed by atoms with E-state index >= 15 is 0 Å². The van der Waals surface area contributed by atoms with Crippen LogP contribution in [0.3, 0.4) is 0 Å². The average Bonchev–Trinajstić information content (AvgIpc) is 2.94. The Labute approximate surface area is 131 Å². The predicted molar refractivity (Wildman–Crippen MR) is 88.8 cm³/mol. The fourth-order valence-corrected chi connectivity index (χ4v) is 3.24. The Balaban J connectivity index is 1.99. The molecule has 21 heavy (non-hydrogen) atoms. The first-order valence-corrected chi connectivity index (χ1v) is 8.49. The van der Waals surface area contributed by atoms with Gasteiger partial charge in [0, 0.05) is 35.6 Å². The average molecular weight is 306 g/mol. The quantitative estimate of drug-likeness (QED) is 0.854. The van der Waals surface area contributed by atoms with Crippen molar-refractivity contribution in [3.63, 3.8) is 0 Å². The largest absolute Gasteiger partial charge is 0.312 e. The first-order chi connectivity index (χ1) is 9.99. The highest BCUT2D eigenvalue weighted by molar-refractivity contribution is 7.09. The van der Waals surface area contributed by atoms with E-state index in [9.17, 15) is 0 Å². The van der Waals surface area contributed by atoms with Gasteiger partial charge >= 0.3 is 0 Å². The third-order valence-corrected chi connectivity index (χ3v) is 4.78. The summed E-state index contributed by atoms with van der Waals surface area (Å²) in [6.45, 7) is 13.7. The standard InChI is InChI=1S/C16H26N4S/c1-11(2)8-17-9-15-12(3)19-20(14(15)5)7-6-16-13(4)18-10-21-16/h10-11,17H,6-9H2,1-5H3. The topological polar surface area (TPSA) is 42.7 Å². The molecule has 0 spiro atoms. The molecule has 0 amide bonds. The molecule has 0 aliphatic carbocycles. The van der Waals surface area contributed by atoms with Crippen LogP contribution in [0.5, 0.6) is 0 Å². The Morgan fingerprint density at radius 3 is 2.62 bits per heavy atom. The number of thiazole rings is 1. The molecule has 2 heterocycles. The van der Waals surface area contributed by atoms with Crippen molar-refractivity contribution in [3.8, 4) is 0 Å². The minimum absolute atomic E-state index is 0.676. The van der Waals surface area contributed by atoms with E-state index in [1.54, 1.807) is 11.3 Å². The van der Waals surface area contributed by atoms with Gasteiger partial charge in [0.15, 0.2) is 0 Å². The minimum atomic E-state index is 0.676. The van der Waals surface area contributed by atoms with Crippen LogP contribution in [0.4, 0.5) is 0 Å². The summed E-state index contributed by atoms with van der Waals surface area (Å²) in [5, 5.41) is 8.21. The second-order valence-corrected chi connectivity index (χ2v) is 6.95. The molecule has 4 nitrogen and oxygen atoms in total. The highest BCUT2D eigenvalue weighted by Gasteiger charge is 2.12. The van der Waals surface area contributed by atoms with Gasteiger partial charge in [0.25, 0.3) is 0 Å². The molecule has 116 valence electrons. The van der Waals surface area contributed by atoms with Crippen LogP contribution in [0.25, 0.3) is 0 Å². The minimum Gasteiger partial charge on any atom is -0.312 e. The van der Waals surface area contributed by atoms with Crippen LogP contribution in [0, 0.1) is 26.7 Å². The molecule has 0 aliphatic rings. The van der Waals surface area contributed by atoms with E-state index in [2.05, 4.69) is 49.6 Å². The van der Waals surface area contributed by atoms with Crippen LogP contribution in [0.2, 0.25) is 0 Å². The van der Waals surface area contributed by atoms with Crippen LogP contribution < -0.4 is 5.32 Å². The van der Waals surface area contributed by atoms with Gasteiger partial charge in [-0.2, -0.15) is 5.10 Å². The third kappa shape index (κ3) is 4.14. The summed E-state index contributed by atoms with van der Waals surface area (Å²) in [6.07, 6.45) is 1.01. The highest BCUT2D eigenvalue weighted by atomic mass is 32.1. The Bertz CT molecular complexity index is 583. The first-order valence-electron chi connectivity index (χ1n) is 7.61. The lowest BCUT2D eigenvalue weighted by Gasteiger charge is -2.08. The smallest absolute Gasteiger partial charge is 0.0797 e. The third-order valence-electron chi connectivity index (χ3n) is 3.78. The van der Waals surface area contributed by atoms with E-state index in [0.29, 0.717) is 5.92 Å². The molecule has 0 unspecified atom stereocenters. The SMILES string of the molecule is Cc1ncsc1CCn1nc(C)c(CNCC(C)C)c1C. The maximum atomic E-state index is 4.70. The van der Waals surface area contributed by atoms with Crippen molar-refractivity contribution in [2.75, 3.05) is 6.54 Å². The molecule has 0 saturated heterocycles. The van der Waals surface area contributed by atoms with Crippen molar-refractivity contribution in [2.45, 2.75) is 54.1 Å². The van der Waals surface area contributed by atoms with Gasteiger partial charge in [-0.1, -0.05) is 13.8 Å². The van der Waals surface area contributed by atoms with Gasteiger partial charge in [0.2, 0.25) is 0 Å². The summed E-state index contributed by atoms with van der Waals surface area (Å²) < 4.78 is 2.14. The maximum Gasteiger partial charge on any atom is 0.0797 e. The number of nitrogens with zero attached hydrogens (tertiary/aromatic N) is 3. The molecule has 2 aromatic rings. The monoisotopic (exact) mass is 306 g/mol. The molecule has 0 fully saturated rings. The van der Waals surface area contributed by atoms with Gasteiger partial charge < -0.3 is 5.32 Å². The number of hydrogen-bond donors (Lipinski definition) is 1. The molecule has 2 aromatic heterocycles. The molecular weight excluding hydrogens is 280 g/mol. The summed E-state index contributed by atoms with van der Waals surface area (Å²) in [4.78, 5) is 5.67. The van der Waals surface area contributed by atoms with E-state index in [-0.39, 0.29) is 0 Å². The van der Waals surface area contributed by atoms with Crippen molar-refractivity contribution in [1.82, 2.24) is 20.1 Å². The summed E-state index contributed by atoms with van der Waals surface area (Å²) in [6, 6.07) is 0. The summed E-state index contributed by atoms with van der Waals surface area (Å²) in [5.74, 6) is 0.676. The van der Waals surface area contributed by atoms with Crippen LogP contribution in [-0.4, -0.2) is 21.3 Å². The lowest BCUT2D eigenvalue weighted by Crippen LogP contribution is -2.19. The Morgan fingerprint density at radius 1 is 1.24 bits per heavy atom. The number of hydrogen-bond acceptors (Lipinski definition) is 4. The lowest BCUT2D eigenvalue weighted by molar-refractivity contribution is 0.549. The van der Waals surface area contributed by atoms with Crippen molar-refractivity contribution in [2.24, 2.45) is 5.92 Å². The molecule has 2 rings (SSSR count). The summed E-state index contributed by atoms with van der Waals surface area (Å²) >= 11 is 1.74. The van der Waals surface area contributed by atoms with E-state index < -0.39 is 0 Å². The maximum absolute atomic E-state index is 4.70. The second-order valence-electron chi connectivity index (χ2n) is 6.01. The molecule has 0 bridgehead atoms. The zero-order valence-electron chi connectivity index (χ0n) is 13.7. The van der Waals surface area contributed by atoms with E-state index in [0.717, 1.165) is 37.4 Å². The number of nitrogens with one attached hydrogen (secondary N) is 1. The van der Waals surface area contributed by atoms with E-state index in [1.165, 1.54) is 16.1 Å². The van der Waals surface area contributed by atoms with Crippen LogP contribution in [0.1, 0.15) is 41.4 Å². The van der Waals surface area contributed by atoms with Crippen molar-refractivity contribution >= 4 is 11.3 Å². The summed E-state index contributed by atoms with van der Waals surface area (Å²) in [7, 11) is 0. The van der Waals surface area contributed by atoms with Crippen LogP contribution >= 0.6 is 11.3 Å². The van der Waals surface area contributed by atoms with Crippen LogP contribution in [-0.2, 0) is 19.5 Å². The van der Waals surface area contributed by atoms with Crippen molar-refractivity contribution in [3.05, 3.63) is 33.0 Å². The van der Waals surface area contributed by atoms with Crippen molar-refractivity contribution in [1.29, 1.82) is 0 Å². The van der Waals surface area contributed by atoms with Gasteiger partial charge in [-0.25, -0.2) is 4.98 Å². The van der Waals surface area contributed by atoms with Gasteiger partial charge in [0.1, 0.15) is 0 Å². The lowest BCUT2D eigenvalue weighted by atomic mass is 10.1. The van der Waals surface area contributed by atoms with E-state index in [4.69, 9.17) is 5.10 Å². The fraction of sp³-hybridized carbons (Fsp3) is 0.625. The number of aromatic nitrogens is 3. The number of rotatable bonds is 7. The predicted octanol–water partition coefficient (Wildman–Crippen LogP) is 3.25. The van der Waals surface area contributed by atoms with Gasteiger partial charge in [-0.05, 0) is 33.2 Å². The summed E-state index contributed by atoms with van der Waals surface area (Å²) in [5.41, 5.74) is 6.85. The normalized spacial score (nSPS) is 11.5. The molecule has 0 radical (unpaired) electrons. The molecule has 0 aromatic carbocycles. The van der Waals surface area contributed by atoms with E-state index in [1.807, 2.05) is 5.51 Å². The van der Waals surface area contributed by atoms with Gasteiger partial charge in [0.05, 0.1) is 16.9 Å². The second kappa shape index (κ2) is 7.18. The molecule has 5 heteroatoms. The van der Waals surface area contributed by atoms with Gasteiger partial charge in [-0.15, -0.1) is 11.3 Å². The van der Waals surface area contributed by atoms with Gasteiger partial charge in [-0.3, -0.25) is 4.68 Å². The molecule has 1 N–H and O–H groups in total. The van der Waals surface area contributed by atoms with Crippen molar-refractivity contribution < 1.29 is 0 Å². The molecule has 0 aliphatic heterocycles. The first kappa shape index (κ1) is 16.2. The highest BCUT2D eigenvalue weighted by Crippen LogP contribution is 2.17. The Hall–Kier alpha value is -1.20. The molecular formula is C16H26N4S. The fourth-order valence-electron chi connectivity index (χ4n) is 2.47. The zero-order chi connectivity index (χ0) is 15.4. The Morgan fingerprint density at radius 2 is 2.00 bits per heavy atom.